The van der Waals surface area contributed by atoms with Gasteiger partial charge in [0.15, 0.2) is 5.65 Å². The molecule has 0 aliphatic carbocycles. The van der Waals surface area contributed by atoms with Gasteiger partial charge in [0.2, 0.25) is 11.7 Å². The lowest BCUT2D eigenvalue weighted by atomic mass is 9.93. The smallest absolute Gasteiger partial charge is 0.226 e. The number of fused-ring (bicyclic) bond motifs is 1. The third kappa shape index (κ3) is 3.67. The van der Waals surface area contributed by atoms with Gasteiger partial charge in [-0.2, -0.15) is 10.1 Å². The Morgan fingerprint density at radius 2 is 2.04 bits per heavy atom. The summed E-state index contributed by atoms with van der Waals surface area (Å²) in [6.07, 6.45) is 6.17. The van der Waals surface area contributed by atoms with Crippen LogP contribution in [0.1, 0.15) is 36.5 Å². The Balaban J connectivity index is 0.00000182. The highest BCUT2D eigenvalue weighted by molar-refractivity contribution is 5.85. The van der Waals surface area contributed by atoms with Crippen LogP contribution in [0.25, 0.3) is 17.0 Å². The fourth-order valence-corrected chi connectivity index (χ4v) is 3.39. The Kier molecular flexibility index (Phi) is 5.34. The average molecular weight is 363 g/mol. The summed E-state index contributed by atoms with van der Waals surface area (Å²) in [5, 5.41) is 11.9. The van der Waals surface area contributed by atoms with E-state index in [4.69, 9.17) is 4.52 Å². The number of aromatic nitrogens is 5. The van der Waals surface area contributed by atoms with Crippen molar-refractivity contribution in [3.63, 3.8) is 0 Å². The number of nitrogens with zero attached hydrogens (tertiary/aromatic N) is 5. The van der Waals surface area contributed by atoms with Gasteiger partial charge in [0.1, 0.15) is 0 Å². The van der Waals surface area contributed by atoms with Crippen molar-refractivity contribution in [2.45, 2.75) is 39.5 Å². The monoisotopic (exact) mass is 362 g/mol. The van der Waals surface area contributed by atoms with Crippen molar-refractivity contribution in [1.29, 1.82) is 0 Å². The topological polar surface area (TPSA) is 81.1 Å². The first kappa shape index (κ1) is 17.8. The zero-order chi connectivity index (χ0) is 16.5. The number of hydrogen-bond donors (Lipinski definition) is 1. The molecule has 1 fully saturated rings. The molecule has 1 saturated heterocycles. The second-order valence-corrected chi connectivity index (χ2v) is 6.58. The summed E-state index contributed by atoms with van der Waals surface area (Å²) in [6.45, 7) is 6.22. The largest absolute Gasteiger partial charge is 0.339 e. The highest BCUT2D eigenvalue weighted by Gasteiger charge is 2.18. The molecule has 0 atom stereocenters. The molecule has 0 unspecified atom stereocenters. The van der Waals surface area contributed by atoms with Gasteiger partial charge in [0.05, 0.1) is 11.8 Å². The summed E-state index contributed by atoms with van der Waals surface area (Å²) in [6, 6.07) is 2.00. The molecule has 134 valence electrons. The third-order valence-corrected chi connectivity index (χ3v) is 4.71. The molecule has 0 saturated carbocycles. The second-order valence-electron chi connectivity index (χ2n) is 6.58. The van der Waals surface area contributed by atoms with E-state index in [1.165, 1.54) is 12.8 Å². The van der Waals surface area contributed by atoms with Crippen molar-refractivity contribution in [1.82, 2.24) is 30.1 Å². The molecular weight excluding hydrogens is 340 g/mol. The highest BCUT2D eigenvalue weighted by Crippen LogP contribution is 2.23. The minimum atomic E-state index is 0. The zero-order valence-electron chi connectivity index (χ0n) is 14.5. The van der Waals surface area contributed by atoms with Gasteiger partial charge in [-0.25, -0.2) is 9.50 Å². The molecule has 7 nitrogen and oxygen atoms in total. The molecule has 0 spiro atoms. The molecule has 0 aromatic carbocycles. The normalized spacial score (nSPS) is 15.4. The molecule has 1 N–H and O–H groups in total. The van der Waals surface area contributed by atoms with Crippen LogP contribution < -0.4 is 5.32 Å². The maximum absolute atomic E-state index is 5.45. The number of piperidine rings is 1. The molecule has 3 aromatic heterocycles. The summed E-state index contributed by atoms with van der Waals surface area (Å²) in [4.78, 5) is 9.13. The van der Waals surface area contributed by atoms with E-state index in [2.05, 4.69) is 25.5 Å². The molecule has 1 aliphatic heterocycles. The lowest BCUT2D eigenvalue weighted by molar-refractivity contribution is 0.324. The number of aryl methyl sites for hydroxylation is 3. The van der Waals surface area contributed by atoms with Crippen LogP contribution in [0, 0.1) is 19.8 Å². The molecule has 3 aromatic rings. The lowest BCUT2D eigenvalue weighted by Crippen LogP contribution is -2.27. The average Bonchev–Trinajstić information content (AvgIpc) is 3.20. The van der Waals surface area contributed by atoms with Crippen molar-refractivity contribution in [2.24, 2.45) is 5.92 Å². The standard InChI is InChI=1S/C17H22N6O.ClH/c1-11-9-12(2)23-17(20-11)14(10-19-23)16-21-15(24-22-16)4-3-13-5-7-18-8-6-13;/h9-10,13,18H,3-8H2,1-2H3;1H. The Morgan fingerprint density at radius 1 is 1.24 bits per heavy atom. The SMILES string of the molecule is Cc1cc(C)n2ncc(-c3noc(CCC4CCNCC4)n3)c2n1.Cl. The van der Waals surface area contributed by atoms with Crippen LogP contribution in [-0.2, 0) is 6.42 Å². The predicted octanol–water partition coefficient (Wildman–Crippen LogP) is 2.75. The van der Waals surface area contributed by atoms with Crippen LogP contribution in [0.15, 0.2) is 16.8 Å². The number of halogens is 1. The van der Waals surface area contributed by atoms with Crippen molar-refractivity contribution in [3.05, 3.63) is 29.5 Å². The fourth-order valence-electron chi connectivity index (χ4n) is 3.39. The van der Waals surface area contributed by atoms with Crippen molar-refractivity contribution >= 4 is 18.1 Å². The molecule has 8 heteroatoms. The Bertz CT molecular complexity index is 852. The summed E-state index contributed by atoms with van der Waals surface area (Å²) >= 11 is 0. The van der Waals surface area contributed by atoms with Crippen LogP contribution in [0.4, 0.5) is 0 Å². The molecule has 0 radical (unpaired) electrons. The van der Waals surface area contributed by atoms with E-state index in [0.717, 1.165) is 54.4 Å². The van der Waals surface area contributed by atoms with Gasteiger partial charge in [-0.3, -0.25) is 0 Å². The number of rotatable bonds is 4. The highest BCUT2D eigenvalue weighted by atomic mass is 35.5. The van der Waals surface area contributed by atoms with E-state index < -0.39 is 0 Å². The lowest BCUT2D eigenvalue weighted by Gasteiger charge is -2.21. The first-order chi connectivity index (χ1) is 11.7. The van der Waals surface area contributed by atoms with Gasteiger partial charge >= 0.3 is 0 Å². The predicted molar refractivity (Wildman–Crippen MR) is 96.9 cm³/mol. The second kappa shape index (κ2) is 7.49. The van der Waals surface area contributed by atoms with Crippen molar-refractivity contribution in [2.75, 3.05) is 13.1 Å². The van der Waals surface area contributed by atoms with Crippen molar-refractivity contribution in [3.8, 4) is 11.4 Å². The van der Waals surface area contributed by atoms with Gasteiger partial charge in [-0.15, -0.1) is 12.4 Å². The van der Waals surface area contributed by atoms with Gasteiger partial charge in [0, 0.05) is 17.8 Å². The van der Waals surface area contributed by atoms with E-state index in [9.17, 15) is 0 Å². The molecule has 0 amide bonds. The Labute approximate surface area is 152 Å². The quantitative estimate of drug-likeness (QED) is 0.768. The molecule has 0 bridgehead atoms. The number of hydrogen-bond acceptors (Lipinski definition) is 6. The maximum atomic E-state index is 5.45. The van der Waals surface area contributed by atoms with Crippen LogP contribution in [0.3, 0.4) is 0 Å². The number of nitrogens with one attached hydrogen (secondary N) is 1. The molecule has 4 rings (SSSR count). The van der Waals surface area contributed by atoms with E-state index in [0.29, 0.717) is 11.7 Å². The Morgan fingerprint density at radius 3 is 2.84 bits per heavy atom. The minimum Gasteiger partial charge on any atom is -0.339 e. The van der Waals surface area contributed by atoms with Crippen LogP contribution >= 0.6 is 12.4 Å². The zero-order valence-corrected chi connectivity index (χ0v) is 15.3. The maximum Gasteiger partial charge on any atom is 0.226 e. The summed E-state index contributed by atoms with van der Waals surface area (Å²) in [5.74, 6) is 2.03. The van der Waals surface area contributed by atoms with Crippen LogP contribution in [-0.4, -0.2) is 37.8 Å². The van der Waals surface area contributed by atoms with Crippen LogP contribution in [0.5, 0.6) is 0 Å². The van der Waals surface area contributed by atoms with Gasteiger partial charge in [-0.1, -0.05) is 5.16 Å². The minimum absolute atomic E-state index is 0. The first-order valence-electron chi connectivity index (χ1n) is 8.56. The molecule has 4 heterocycles. The van der Waals surface area contributed by atoms with E-state index in [1.807, 2.05) is 24.4 Å². The van der Waals surface area contributed by atoms with Gasteiger partial charge < -0.3 is 9.84 Å². The summed E-state index contributed by atoms with van der Waals surface area (Å²) in [5.41, 5.74) is 3.59. The van der Waals surface area contributed by atoms with Gasteiger partial charge in [0.25, 0.3) is 0 Å². The van der Waals surface area contributed by atoms with E-state index in [-0.39, 0.29) is 12.4 Å². The van der Waals surface area contributed by atoms with Crippen molar-refractivity contribution < 1.29 is 4.52 Å². The molecule has 1 aliphatic rings. The van der Waals surface area contributed by atoms with Gasteiger partial charge in [-0.05, 0) is 58.2 Å². The fraction of sp³-hybridized carbons (Fsp3) is 0.529. The first-order valence-corrected chi connectivity index (χ1v) is 8.56. The molecular formula is C17H23ClN6O. The third-order valence-electron chi connectivity index (χ3n) is 4.71. The summed E-state index contributed by atoms with van der Waals surface area (Å²) < 4.78 is 7.26. The summed E-state index contributed by atoms with van der Waals surface area (Å²) in [7, 11) is 0. The van der Waals surface area contributed by atoms with E-state index in [1.54, 1.807) is 6.20 Å². The Hall–Kier alpha value is -1.99. The van der Waals surface area contributed by atoms with E-state index >= 15 is 0 Å². The molecule has 25 heavy (non-hydrogen) atoms. The van der Waals surface area contributed by atoms with Crippen LogP contribution in [0.2, 0.25) is 0 Å².